The SMILES string of the molecule is C[C@@H](Oc1ccc(F)cc1)C(=O)NCCS(=O)(=O)c1ccccc1. The zero-order valence-corrected chi connectivity index (χ0v) is 13.9. The molecule has 0 fully saturated rings. The zero-order chi connectivity index (χ0) is 17.6. The van der Waals surface area contributed by atoms with E-state index in [1.165, 1.54) is 43.3 Å². The van der Waals surface area contributed by atoms with Gasteiger partial charge in [0.1, 0.15) is 11.6 Å². The van der Waals surface area contributed by atoms with Gasteiger partial charge in [0.2, 0.25) is 0 Å². The first-order valence-electron chi connectivity index (χ1n) is 7.36. The molecule has 128 valence electrons. The van der Waals surface area contributed by atoms with E-state index < -0.39 is 27.7 Å². The van der Waals surface area contributed by atoms with E-state index in [0.717, 1.165) is 0 Å². The third kappa shape index (κ3) is 5.06. The highest BCUT2D eigenvalue weighted by atomic mass is 32.2. The fraction of sp³-hybridized carbons (Fsp3) is 0.235. The maximum absolute atomic E-state index is 12.8. The van der Waals surface area contributed by atoms with E-state index in [9.17, 15) is 17.6 Å². The number of rotatable bonds is 7. The van der Waals surface area contributed by atoms with Gasteiger partial charge in [-0.15, -0.1) is 0 Å². The maximum atomic E-state index is 12.8. The average molecular weight is 351 g/mol. The number of sulfone groups is 1. The number of hydrogen-bond donors (Lipinski definition) is 1. The molecular weight excluding hydrogens is 333 g/mol. The molecule has 0 radical (unpaired) electrons. The van der Waals surface area contributed by atoms with Crippen molar-refractivity contribution in [2.24, 2.45) is 0 Å². The van der Waals surface area contributed by atoms with Crippen LogP contribution in [0.1, 0.15) is 6.92 Å². The Balaban J connectivity index is 1.83. The van der Waals surface area contributed by atoms with E-state index in [1.807, 2.05) is 0 Å². The number of amides is 1. The van der Waals surface area contributed by atoms with Gasteiger partial charge in [0, 0.05) is 6.54 Å². The van der Waals surface area contributed by atoms with Crippen LogP contribution in [0.2, 0.25) is 0 Å². The monoisotopic (exact) mass is 351 g/mol. The van der Waals surface area contributed by atoms with E-state index >= 15 is 0 Å². The normalized spacial score (nSPS) is 12.4. The molecule has 2 aromatic carbocycles. The summed E-state index contributed by atoms with van der Waals surface area (Å²) in [7, 11) is -3.44. The molecule has 0 heterocycles. The van der Waals surface area contributed by atoms with E-state index in [4.69, 9.17) is 4.74 Å². The van der Waals surface area contributed by atoms with E-state index in [0.29, 0.717) is 5.75 Å². The molecule has 1 amide bonds. The number of carbonyl (C=O) groups excluding carboxylic acids is 1. The van der Waals surface area contributed by atoms with Crippen LogP contribution in [0.5, 0.6) is 5.75 Å². The van der Waals surface area contributed by atoms with Crippen molar-refractivity contribution in [1.29, 1.82) is 0 Å². The zero-order valence-electron chi connectivity index (χ0n) is 13.1. The summed E-state index contributed by atoms with van der Waals surface area (Å²) >= 11 is 0. The molecule has 0 aliphatic heterocycles. The van der Waals surface area contributed by atoms with E-state index in [-0.39, 0.29) is 17.2 Å². The lowest BCUT2D eigenvalue weighted by molar-refractivity contribution is -0.127. The molecular formula is C17H18FNO4S. The van der Waals surface area contributed by atoms with Crippen LogP contribution < -0.4 is 10.1 Å². The molecule has 24 heavy (non-hydrogen) atoms. The molecule has 0 saturated heterocycles. The molecule has 1 N–H and O–H groups in total. The Hall–Kier alpha value is -2.41. The predicted octanol–water partition coefficient (Wildman–Crippen LogP) is 2.18. The number of hydrogen-bond acceptors (Lipinski definition) is 4. The highest BCUT2D eigenvalue weighted by Gasteiger charge is 2.17. The lowest BCUT2D eigenvalue weighted by Gasteiger charge is -2.14. The smallest absolute Gasteiger partial charge is 0.260 e. The van der Waals surface area contributed by atoms with Gasteiger partial charge < -0.3 is 10.1 Å². The Labute approximate surface area is 140 Å². The molecule has 0 unspecified atom stereocenters. The van der Waals surface area contributed by atoms with Crippen molar-refractivity contribution < 1.29 is 22.3 Å². The van der Waals surface area contributed by atoms with E-state index in [1.54, 1.807) is 18.2 Å². The summed E-state index contributed by atoms with van der Waals surface area (Å²) in [5, 5.41) is 2.52. The molecule has 0 aromatic heterocycles. The summed E-state index contributed by atoms with van der Waals surface area (Å²) in [6.07, 6.45) is -0.824. The number of benzene rings is 2. The fourth-order valence-corrected chi connectivity index (χ4v) is 3.15. The van der Waals surface area contributed by atoms with Crippen molar-refractivity contribution in [1.82, 2.24) is 5.32 Å². The van der Waals surface area contributed by atoms with Crippen molar-refractivity contribution >= 4 is 15.7 Å². The molecule has 0 spiro atoms. The van der Waals surface area contributed by atoms with Gasteiger partial charge in [-0.3, -0.25) is 4.79 Å². The molecule has 0 bridgehead atoms. The van der Waals surface area contributed by atoms with Gasteiger partial charge >= 0.3 is 0 Å². The standard InChI is InChI=1S/C17H18FNO4S/c1-13(23-15-9-7-14(18)8-10-15)17(20)19-11-12-24(21,22)16-5-3-2-4-6-16/h2-10,13H,11-12H2,1H3,(H,19,20)/t13-/m1/s1. The summed E-state index contributed by atoms with van der Waals surface area (Å²) in [6, 6.07) is 13.3. The minimum Gasteiger partial charge on any atom is -0.481 e. The first-order chi connectivity index (χ1) is 11.4. The first-order valence-corrected chi connectivity index (χ1v) is 9.01. The van der Waals surface area contributed by atoms with Gasteiger partial charge in [-0.25, -0.2) is 12.8 Å². The Morgan fingerprint density at radius 2 is 1.75 bits per heavy atom. The molecule has 2 rings (SSSR count). The second kappa shape index (κ2) is 7.92. The Kier molecular flexibility index (Phi) is 5.92. The second-order valence-corrected chi connectivity index (χ2v) is 7.25. The third-order valence-electron chi connectivity index (χ3n) is 3.27. The summed E-state index contributed by atoms with van der Waals surface area (Å²) in [5.41, 5.74) is 0. The molecule has 7 heteroatoms. The van der Waals surface area contributed by atoms with Crippen LogP contribution in [0.4, 0.5) is 4.39 Å². The maximum Gasteiger partial charge on any atom is 0.260 e. The number of halogens is 1. The summed E-state index contributed by atoms with van der Waals surface area (Å²) in [6.45, 7) is 1.51. The number of carbonyl (C=O) groups is 1. The Bertz CT molecular complexity index is 776. The van der Waals surface area contributed by atoms with Gasteiger partial charge in [0.05, 0.1) is 10.6 Å². The van der Waals surface area contributed by atoms with Crippen LogP contribution >= 0.6 is 0 Å². The van der Waals surface area contributed by atoms with Crippen LogP contribution in [0.3, 0.4) is 0 Å². The van der Waals surface area contributed by atoms with Crippen molar-refractivity contribution in [2.45, 2.75) is 17.9 Å². The van der Waals surface area contributed by atoms with Crippen LogP contribution in [-0.4, -0.2) is 32.7 Å². The van der Waals surface area contributed by atoms with Crippen LogP contribution in [0, 0.1) is 5.82 Å². The number of nitrogens with one attached hydrogen (secondary N) is 1. The quantitative estimate of drug-likeness (QED) is 0.830. The lowest BCUT2D eigenvalue weighted by atomic mass is 10.3. The molecule has 1 atom stereocenters. The van der Waals surface area contributed by atoms with E-state index in [2.05, 4.69) is 5.32 Å². The summed E-state index contributed by atoms with van der Waals surface area (Å²) in [5.74, 6) is -0.685. The fourth-order valence-electron chi connectivity index (χ4n) is 1.97. The number of ether oxygens (including phenoxy) is 1. The van der Waals surface area contributed by atoms with Gasteiger partial charge in [-0.1, -0.05) is 18.2 Å². The average Bonchev–Trinajstić information content (AvgIpc) is 2.57. The second-order valence-electron chi connectivity index (χ2n) is 5.14. The summed E-state index contributed by atoms with van der Waals surface area (Å²) in [4.78, 5) is 12.1. The van der Waals surface area contributed by atoms with Gasteiger partial charge in [-0.05, 0) is 43.3 Å². The molecule has 0 saturated carbocycles. The molecule has 0 aliphatic carbocycles. The highest BCUT2D eigenvalue weighted by Crippen LogP contribution is 2.13. The van der Waals surface area contributed by atoms with Crippen molar-refractivity contribution in [3.63, 3.8) is 0 Å². The Morgan fingerprint density at radius 3 is 2.38 bits per heavy atom. The third-order valence-corrected chi connectivity index (χ3v) is 5.00. The minimum absolute atomic E-state index is 0.0207. The topological polar surface area (TPSA) is 72.5 Å². The van der Waals surface area contributed by atoms with Crippen molar-refractivity contribution in [3.8, 4) is 5.75 Å². The molecule has 2 aromatic rings. The molecule has 5 nitrogen and oxygen atoms in total. The Morgan fingerprint density at radius 1 is 1.12 bits per heavy atom. The minimum atomic E-state index is -3.44. The molecule has 0 aliphatic rings. The van der Waals surface area contributed by atoms with Crippen molar-refractivity contribution in [2.75, 3.05) is 12.3 Å². The van der Waals surface area contributed by atoms with Crippen LogP contribution in [0.25, 0.3) is 0 Å². The van der Waals surface area contributed by atoms with Crippen LogP contribution in [0.15, 0.2) is 59.5 Å². The van der Waals surface area contributed by atoms with Crippen LogP contribution in [-0.2, 0) is 14.6 Å². The highest BCUT2D eigenvalue weighted by molar-refractivity contribution is 7.91. The lowest BCUT2D eigenvalue weighted by Crippen LogP contribution is -2.38. The summed E-state index contributed by atoms with van der Waals surface area (Å²) < 4.78 is 42.4. The first kappa shape index (κ1) is 17.9. The predicted molar refractivity (Wildman–Crippen MR) is 88.0 cm³/mol. The van der Waals surface area contributed by atoms with Gasteiger partial charge in [0.15, 0.2) is 15.9 Å². The van der Waals surface area contributed by atoms with Crippen molar-refractivity contribution in [3.05, 3.63) is 60.4 Å². The van der Waals surface area contributed by atoms with Gasteiger partial charge in [-0.2, -0.15) is 0 Å². The largest absolute Gasteiger partial charge is 0.481 e. The van der Waals surface area contributed by atoms with Gasteiger partial charge in [0.25, 0.3) is 5.91 Å².